The minimum absolute atomic E-state index is 0.259. The Morgan fingerprint density at radius 1 is 0.955 bits per heavy atom. The van der Waals surface area contributed by atoms with E-state index >= 15 is 0 Å². The van der Waals surface area contributed by atoms with Crippen LogP contribution in [0.4, 0.5) is 0 Å². The molecule has 0 unspecified atom stereocenters. The van der Waals surface area contributed by atoms with Crippen molar-refractivity contribution in [2.45, 2.75) is 0 Å². The fraction of sp³-hybridized carbons (Fsp3) is 0. The summed E-state index contributed by atoms with van der Waals surface area (Å²) in [6.45, 7) is 0. The van der Waals surface area contributed by atoms with Crippen molar-refractivity contribution in [3.05, 3.63) is 70.4 Å². The Morgan fingerprint density at radius 3 is 2.50 bits per heavy atom. The molecule has 2 aromatic carbocycles. The van der Waals surface area contributed by atoms with Crippen LogP contribution in [-0.4, -0.2) is 6.29 Å². The van der Waals surface area contributed by atoms with Crippen LogP contribution < -0.4 is 4.74 Å². The van der Waals surface area contributed by atoms with E-state index in [0.717, 1.165) is 5.56 Å². The van der Waals surface area contributed by atoms with E-state index in [-0.39, 0.29) is 5.76 Å². The van der Waals surface area contributed by atoms with Gasteiger partial charge in [0.15, 0.2) is 12.0 Å². The second-order valence-electron chi connectivity index (χ2n) is 4.49. The third-order valence-corrected chi connectivity index (χ3v) is 3.54. The molecular formula is C17H10Cl2O3. The molecule has 0 atom stereocenters. The van der Waals surface area contributed by atoms with Crippen LogP contribution in [0.5, 0.6) is 11.5 Å². The lowest BCUT2D eigenvalue weighted by atomic mass is 10.1. The van der Waals surface area contributed by atoms with Gasteiger partial charge in [-0.1, -0.05) is 35.3 Å². The molecule has 5 heteroatoms. The van der Waals surface area contributed by atoms with Crippen LogP contribution in [0.1, 0.15) is 10.6 Å². The van der Waals surface area contributed by atoms with E-state index in [0.29, 0.717) is 33.6 Å². The Hall–Kier alpha value is -2.23. The van der Waals surface area contributed by atoms with Crippen molar-refractivity contribution in [1.29, 1.82) is 0 Å². The first kappa shape index (κ1) is 14.7. The molecule has 0 radical (unpaired) electrons. The molecule has 1 heterocycles. The minimum Gasteiger partial charge on any atom is -0.455 e. The van der Waals surface area contributed by atoms with E-state index in [1.54, 1.807) is 36.4 Å². The molecule has 0 saturated heterocycles. The van der Waals surface area contributed by atoms with Gasteiger partial charge in [0.05, 0.1) is 10.6 Å². The molecular weight excluding hydrogens is 323 g/mol. The molecule has 0 bridgehead atoms. The highest BCUT2D eigenvalue weighted by Gasteiger charge is 2.12. The van der Waals surface area contributed by atoms with Gasteiger partial charge in [-0.2, -0.15) is 0 Å². The van der Waals surface area contributed by atoms with Gasteiger partial charge in [-0.15, -0.1) is 0 Å². The van der Waals surface area contributed by atoms with Crippen LogP contribution in [0.25, 0.3) is 11.3 Å². The van der Waals surface area contributed by atoms with Crippen molar-refractivity contribution >= 4 is 29.5 Å². The maximum absolute atomic E-state index is 10.7. The van der Waals surface area contributed by atoms with E-state index < -0.39 is 0 Å². The molecule has 0 N–H and O–H groups in total. The topological polar surface area (TPSA) is 39.4 Å². The first-order valence-electron chi connectivity index (χ1n) is 6.44. The van der Waals surface area contributed by atoms with Crippen LogP contribution in [0.15, 0.2) is 59.0 Å². The highest BCUT2D eigenvalue weighted by molar-refractivity contribution is 6.35. The van der Waals surface area contributed by atoms with Crippen LogP contribution in [0, 0.1) is 0 Å². The maximum atomic E-state index is 10.7. The Balaban J connectivity index is 1.99. The lowest BCUT2D eigenvalue weighted by Gasteiger charge is -2.11. The predicted octanol–water partition coefficient (Wildman–Crippen LogP) is 5.86. The molecule has 0 saturated carbocycles. The van der Waals surface area contributed by atoms with E-state index in [1.807, 2.05) is 18.2 Å². The van der Waals surface area contributed by atoms with E-state index in [4.69, 9.17) is 32.4 Å². The summed E-state index contributed by atoms with van der Waals surface area (Å²) in [5.41, 5.74) is 0.724. The lowest BCUT2D eigenvalue weighted by molar-refractivity contribution is 0.110. The second kappa shape index (κ2) is 6.26. The zero-order chi connectivity index (χ0) is 15.5. The number of furan rings is 1. The van der Waals surface area contributed by atoms with Crippen LogP contribution in [0.3, 0.4) is 0 Å². The number of ether oxygens (including phenoxy) is 1. The molecule has 3 aromatic rings. The number of para-hydroxylation sites is 1. The summed E-state index contributed by atoms with van der Waals surface area (Å²) >= 11 is 12.0. The molecule has 0 aliphatic heterocycles. The van der Waals surface area contributed by atoms with Crippen molar-refractivity contribution in [3.63, 3.8) is 0 Å². The Kier molecular flexibility index (Phi) is 4.18. The van der Waals surface area contributed by atoms with Gasteiger partial charge in [-0.25, -0.2) is 0 Å². The van der Waals surface area contributed by atoms with Crippen LogP contribution in [-0.2, 0) is 0 Å². The third-order valence-electron chi connectivity index (χ3n) is 3.01. The van der Waals surface area contributed by atoms with Gasteiger partial charge >= 0.3 is 0 Å². The maximum Gasteiger partial charge on any atom is 0.185 e. The zero-order valence-electron chi connectivity index (χ0n) is 11.3. The predicted molar refractivity (Wildman–Crippen MR) is 86.1 cm³/mol. The number of rotatable bonds is 4. The SMILES string of the molecule is O=Cc1ccc(-c2ccccc2Oc2ccc(Cl)cc2Cl)o1. The summed E-state index contributed by atoms with van der Waals surface area (Å²) in [7, 11) is 0. The Bertz CT molecular complexity index is 824. The number of carbonyl (C=O) groups excluding carboxylic acids is 1. The standard InChI is InChI=1S/C17H10Cl2O3/c18-11-5-7-17(14(19)9-11)22-15-4-2-1-3-13(15)16-8-6-12(10-20)21-16/h1-10H. The van der Waals surface area contributed by atoms with E-state index in [9.17, 15) is 4.79 Å². The summed E-state index contributed by atoms with van der Waals surface area (Å²) in [5.74, 6) is 1.86. The molecule has 3 nitrogen and oxygen atoms in total. The summed E-state index contributed by atoms with van der Waals surface area (Å²) < 4.78 is 11.3. The van der Waals surface area contributed by atoms with Gasteiger partial charge in [0.25, 0.3) is 0 Å². The molecule has 22 heavy (non-hydrogen) atoms. The number of benzene rings is 2. The highest BCUT2D eigenvalue weighted by atomic mass is 35.5. The fourth-order valence-electron chi connectivity index (χ4n) is 2.00. The summed E-state index contributed by atoms with van der Waals surface area (Å²) in [6.07, 6.45) is 0.656. The van der Waals surface area contributed by atoms with Crippen molar-refractivity contribution in [3.8, 4) is 22.8 Å². The van der Waals surface area contributed by atoms with E-state index in [1.165, 1.54) is 0 Å². The molecule has 3 rings (SSSR count). The fourth-order valence-corrected chi connectivity index (χ4v) is 2.44. The molecule has 0 aliphatic carbocycles. The molecule has 0 aliphatic rings. The van der Waals surface area contributed by atoms with Crippen LogP contribution >= 0.6 is 23.2 Å². The largest absolute Gasteiger partial charge is 0.455 e. The van der Waals surface area contributed by atoms with Crippen LogP contribution in [0.2, 0.25) is 10.0 Å². The minimum atomic E-state index is 0.259. The number of carbonyl (C=O) groups is 1. The molecule has 110 valence electrons. The van der Waals surface area contributed by atoms with Gasteiger partial charge in [-0.3, -0.25) is 4.79 Å². The molecule has 0 amide bonds. The normalized spacial score (nSPS) is 10.5. The van der Waals surface area contributed by atoms with Gasteiger partial charge in [-0.05, 0) is 42.5 Å². The summed E-state index contributed by atoms with van der Waals surface area (Å²) in [6, 6.07) is 15.7. The van der Waals surface area contributed by atoms with Crippen molar-refractivity contribution in [1.82, 2.24) is 0 Å². The van der Waals surface area contributed by atoms with Gasteiger partial charge < -0.3 is 9.15 Å². The monoisotopic (exact) mass is 332 g/mol. The second-order valence-corrected chi connectivity index (χ2v) is 5.34. The highest BCUT2D eigenvalue weighted by Crippen LogP contribution is 2.37. The third kappa shape index (κ3) is 3.01. The molecule has 0 fully saturated rings. The number of hydrogen-bond donors (Lipinski definition) is 0. The van der Waals surface area contributed by atoms with Gasteiger partial charge in [0.2, 0.25) is 0 Å². The molecule has 1 aromatic heterocycles. The van der Waals surface area contributed by atoms with Crippen molar-refractivity contribution in [2.24, 2.45) is 0 Å². The summed E-state index contributed by atoms with van der Waals surface area (Å²) in [5, 5.41) is 0.947. The lowest BCUT2D eigenvalue weighted by Crippen LogP contribution is -1.88. The first-order valence-corrected chi connectivity index (χ1v) is 7.20. The van der Waals surface area contributed by atoms with Gasteiger partial charge in [0.1, 0.15) is 17.3 Å². The quantitative estimate of drug-likeness (QED) is 0.562. The average molecular weight is 333 g/mol. The Morgan fingerprint density at radius 2 is 1.77 bits per heavy atom. The smallest absolute Gasteiger partial charge is 0.185 e. The van der Waals surface area contributed by atoms with Crippen molar-refractivity contribution in [2.75, 3.05) is 0 Å². The average Bonchev–Trinajstić information content (AvgIpc) is 2.99. The molecule has 0 spiro atoms. The number of hydrogen-bond acceptors (Lipinski definition) is 3. The zero-order valence-corrected chi connectivity index (χ0v) is 12.8. The summed E-state index contributed by atoms with van der Waals surface area (Å²) in [4.78, 5) is 10.7. The Labute approximate surface area is 137 Å². The van der Waals surface area contributed by atoms with Gasteiger partial charge in [0, 0.05) is 5.02 Å². The first-order chi connectivity index (χ1) is 10.7. The van der Waals surface area contributed by atoms with E-state index in [2.05, 4.69) is 0 Å². The number of halogens is 2. The van der Waals surface area contributed by atoms with Crippen molar-refractivity contribution < 1.29 is 13.9 Å². The number of aldehydes is 1.